The van der Waals surface area contributed by atoms with E-state index in [1.165, 1.54) is 30.6 Å². The maximum atomic E-state index is 6.30. The molecule has 2 aromatic heterocycles. The molecule has 0 aromatic carbocycles. The fraction of sp³-hybridized carbons (Fsp3) is 0.385. The summed E-state index contributed by atoms with van der Waals surface area (Å²) < 4.78 is 0.750. The van der Waals surface area contributed by atoms with E-state index in [4.69, 9.17) is 23.2 Å². The summed E-state index contributed by atoms with van der Waals surface area (Å²) in [6.45, 7) is 0. The summed E-state index contributed by atoms with van der Waals surface area (Å²) in [6, 6.07) is 3.81. The largest absolute Gasteiger partial charge is 0.232 e. The molecular formula is C13H12Cl2N2S. The number of hydrogen-bond donors (Lipinski definition) is 0. The Morgan fingerprint density at radius 3 is 2.61 bits per heavy atom. The Balaban J connectivity index is 2.07. The highest BCUT2D eigenvalue weighted by molar-refractivity contribution is 7.19. The second kappa shape index (κ2) is 5.16. The van der Waals surface area contributed by atoms with Crippen molar-refractivity contribution in [2.75, 3.05) is 0 Å². The number of aryl methyl sites for hydroxylation is 1. The molecule has 0 spiro atoms. The summed E-state index contributed by atoms with van der Waals surface area (Å²) in [7, 11) is 0. The molecule has 18 heavy (non-hydrogen) atoms. The zero-order valence-electron chi connectivity index (χ0n) is 9.75. The number of thiophene rings is 1. The summed E-state index contributed by atoms with van der Waals surface area (Å²) >= 11 is 13.7. The van der Waals surface area contributed by atoms with Crippen molar-refractivity contribution in [1.29, 1.82) is 0 Å². The van der Waals surface area contributed by atoms with Gasteiger partial charge in [0.2, 0.25) is 0 Å². The van der Waals surface area contributed by atoms with E-state index in [1.54, 1.807) is 0 Å². The summed E-state index contributed by atoms with van der Waals surface area (Å²) in [4.78, 5) is 10.1. The molecule has 0 aliphatic heterocycles. The number of rotatable bonds is 1. The first kappa shape index (κ1) is 12.4. The lowest BCUT2D eigenvalue weighted by Crippen LogP contribution is -2.01. The van der Waals surface area contributed by atoms with Crippen molar-refractivity contribution in [2.45, 2.75) is 32.1 Å². The molecule has 2 nitrogen and oxygen atoms in total. The molecule has 0 fully saturated rings. The molecule has 5 heteroatoms. The predicted molar refractivity (Wildman–Crippen MR) is 76.6 cm³/mol. The first-order valence-corrected chi connectivity index (χ1v) is 7.62. The molecule has 0 saturated heterocycles. The molecule has 0 unspecified atom stereocenters. The predicted octanol–water partition coefficient (Wildman–Crippen LogP) is 4.78. The van der Waals surface area contributed by atoms with Crippen molar-refractivity contribution in [3.05, 3.63) is 32.9 Å². The van der Waals surface area contributed by atoms with Gasteiger partial charge in [-0.1, -0.05) is 29.6 Å². The third-order valence-corrected chi connectivity index (χ3v) is 4.72. The standard InChI is InChI=1S/C13H12Cl2N2S/c14-11-7-6-10(18-11)13-16-9-5-3-1-2-4-8(9)12(15)17-13/h6-7H,1-5H2. The van der Waals surface area contributed by atoms with Crippen LogP contribution >= 0.6 is 34.5 Å². The maximum Gasteiger partial charge on any atom is 0.171 e. The van der Waals surface area contributed by atoms with Gasteiger partial charge in [-0.3, -0.25) is 0 Å². The van der Waals surface area contributed by atoms with Crippen LogP contribution in [0.2, 0.25) is 9.49 Å². The molecule has 1 aliphatic carbocycles. The molecule has 0 atom stereocenters. The number of aromatic nitrogens is 2. The first-order valence-electron chi connectivity index (χ1n) is 6.05. The lowest BCUT2D eigenvalue weighted by molar-refractivity contribution is 0.709. The van der Waals surface area contributed by atoms with E-state index in [0.717, 1.165) is 33.3 Å². The fourth-order valence-corrected chi connectivity index (χ4v) is 3.53. The van der Waals surface area contributed by atoms with Crippen LogP contribution in [0.5, 0.6) is 0 Å². The van der Waals surface area contributed by atoms with E-state index in [9.17, 15) is 0 Å². The first-order chi connectivity index (χ1) is 8.74. The second-order valence-electron chi connectivity index (χ2n) is 4.43. The Morgan fingerprint density at radius 1 is 1.00 bits per heavy atom. The Labute approximate surface area is 120 Å². The Kier molecular flexibility index (Phi) is 3.55. The molecule has 2 aromatic rings. The molecule has 94 valence electrons. The maximum absolute atomic E-state index is 6.30. The zero-order valence-corrected chi connectivity index (χ0v) is 12.1. The highest BCUT2D eigenvalue weighted by atomic mass is 35.5. The van der Waals surface area contributed by atoms with Gasteiger partial charge in [-0.15, -0.1) is 11.3 Å². The van der Waals surface area contributed by atoms with E-state index >= 15 is 0 Å². The summed E-state index contributed by atoms with van der Waals surface area (Å²) in [6.07, 6.45) is 5.61. The average molecular weight is 299 g/mol. The van der Waals surface area contributed by atoms with E-state index in [0.29, 0.717) is 11.0 Å². The van der Waals surface area contributed by atoms with Gasteiger partial charge in [-0.2, -0.15) is 0 Å². The van der Waals surface area contributed by atoms with Crippen LogP contribution in [0.4, 0.5) is 0 Å². The van der Waals surface area contributed by atoms with E-state index < -0.39 is 0 Å². The number of nitrogens with zero attached hydrogens (tertiary/aromatic N) is 2. The van der Waals surface area contributed by atoms with Crippen LogP contribution in [0.3, 0.4) is 0 Å². The van der Waals surface area contributed by atoms with Crippen molar-refractivity contribution in [1.82, 2.24) is 9.97 Å². The van der Waals surface area contributed by atoms with Crippen LogP contribution in [-0.2, 0) is 12.8 Å². The number of hydrogen-bond acceptors (Lipinski definition) is 3. The molecular weight excluding hydrogens is 287 g/mol. The Bertz CT molecular complexity index is 580. The SMILES string of the molecule is Clc1ccc(-c2nc(Cl)c3c(n2)CCCCC3)s1. The minimum absolute atomic E-state index is 0.612. The van der Waals surface area contributed by atoms with Gasteiger partial charge in [0.15, 0.2) is 5.82 Å². The van der Waals surface area contributed by atoms with E-state index in [1.807, 2.05) is 12.1 Å². The molecule has 0 saturated carbocycles. The fourth-order valence-electron chi connectivity index (χ4n) is 2.27. The zero-order chi connectivity index (χ0) is 12.5. The van der Waals surface area contributed by atoms with Crippen molar-refractivity contribution >= 4 is 34.5 Å². The van der Waals surface area contributed by atoms with Crippen LogP contribution in [0.1, 0.15) is 30.5 Å². The number of fused-ring (bicyclic) bond motifs is 1. The van der Waals surface area contributed by atoms with Gasteiger partial charge in [-0.25, -0.2) is 9.97 Å². The smallest absolute Gasteiger partial charge is 0.171 e. The third-order valence-electron chi connectivity index (χ3n) is 3.18. The van der Waals surface area contributed by atoms with Gasteiger partial charge >= 0.3 is 0 Å². The quantitative estimate of drug-likeness (QED) is 0.559. The van der Waals surface area contributed by atoms with Gasteiger partial charge in [0, 0.05) is 11.3 Å². The molecule has 0 N–H and O–H groups in total. The highest BCUT2D eigenvalue weighted by Crippen LogP contribution is 2.32. The molecule has 0 bridgehead atoms. The van der Waals surface area contributed by atoms with Gasteiger partial charge in [-0.05, 0) is 37.8 Å². The topological polar surface area (TPSA) is 25.8 Å². The summed E-state index contributed by atoms with van der Waals surface area (Å²) in [5, 5.41) is 0.612. The lowest BCUT2D eigenvalue weighted by Gasteiger charge is -2.08. The Hall–Kier alpha value is -0.640. The van der Waals surface area contributed by atoms with Gasteiger partial charge in [0.25, 0.3) is 0 Å². The minimum atomic E-state index is 0.612. The van der Waals surface area contributed by atoms with Crippen LogP contribution in [-0.4, -0.2) is 9.97 Å². The molecule has 1 aliphatic rings. The van der Waals surface area contributed by atoms with Gasteiger partial charge in [0.1, 0.15) is 5.15 Å². The monoisotopic (exact) mass is 298 g/mol. The number of halogens is 2. The molecule has 3 rings (SSSR count). The van der Waals surface area contributed by atoms with Gasteiger partial charge < -0.3 is 0 Å². The summed E-state index contributed by atoms with van der Waals surface area (Å²) in [5.74, 6) is 0.706. The van der Waals surface area contributed by atoms with Crippen molar-refractivity contribution in [2.24, 2.45) is 0 Å². The minimum Gasteiger partial charge on any atom is -0.232 e. The average Bonchev–Trinajstić information content (AvgIpc) is 2.63. The molecule has 0 amide bonds. The van der Waals surface area contributed by atoms with E-state index in [2.05, 4.69) is 9.97 Å². The van der Waals surface area contributed by atoms with Crippen molar-refractivity contribution < 1.29 is 0 Å². The van der Waals surface area contributed by atoms with Crippen LogP contribution in [0.25, 0.3) is 10.7 Å². The van der Waals surface area contributed by atoms with Crippen molar-refractivity contribution in [3.63, 3.8) is 0 Å². The third kappa shape index (κ3) is 2.40. The van der Waals surface area contributed by atoms with Gasteiger partial charge in [0.05, 0.1) is 9.21 Å². The van der Waals surface area contributed by atoms with Crippen LogP contribution in [0.15, 0.2) is 12.1 Å². The van der Waals surface area contributed by atoms with E-state index in [-0.39, 0.29) is 0 Å². The lowest BCUT2D eigenvalue weighted by atomic mass is 10.1. The Morgan fingerprint density at radius 2 is 1.83 bits per heavy atom. The molecule has 0 radical (unpaired) electrons. The van der Waals surface area contributed by atoms with Crippen LogP contribution in [0, 0.1) is 0 Å². The summed E-state index contributed by atoms with van der Waals surface area (Å²) in [5.41, 5.74) is 2.26. The molecule has 2 heterocycles. The second-order valence-corrected chi connectivity index (χ2v) is 6.50. The van der Waals surface area contributed by atoms with Crippen molar-refractivity contribution in [3.8, 4) is 10.7 Å². The highest BCUT2D eigenvalue weighted by Gasteiger charge is 2.16. The van der Waals surface area contributed by atoms with Crippen LogP contribution < -0.4 is 0 Å². The normalized spacial score (nSPS) is 15.2.